The number of hydrogen-bond donors (Lipinski definition) is 2. The molecule has 2 aromatic heterocycles. The number of benzene rings is 4. The molecule has 4 aromatic carbocycles. The van der Waals surface area contributed by atoms with E-state index in [9.17, 15) is 9.59 Å². The van der Waals surface area contributed by atoms with Gasteiger partial charge in [0.1, 0.15) is 30.5 Å². The van der Waals surface area contributed by atoms with E-state index in [0.29, 0.717) is 22.8 Å². The fraction of sp³-hybridized carbons (Fsp3) is 0.108. The van der Waals surface area contributed by atoms with Crippen molar-refractivity contribution in [1.82, 2.24) is 9.99 Å². The third-order valence-electron chi connectivity index (χ3n) is 7.52. The lowest BCUT2D eigenvalue weighted by molar-refractivity contribution is 0.0696. The Morgan fingerprint density at radius 2 is 1.57 bits per heavy atom. The molecule has 0 atom stereocenters. The van der Waals surface area contributed by atoms with Crippen LogP contribution in [0, 0.1) is 13.8 Å². The van der Waals surface area contributed by atoms with Gasteiger partial charge in [-0.25, -0.2) is 10.2 Å². The van der Waals surface area contributed by atoms with E-state index < -0.39 is 11.9 Å². The molecule has 46 heavy (non-hydrogen) atoms. The average Bonchev–Trinajstić information content (AvgIpc) is 3.69. The molecule has 230 valence electrons. The number of carboxylic acid groups (broad SMARTS) is 1. The minimum Gasteiger partial charge on any atom is -0.488 e. The number of aromatic carboxylic acids is 1. The van der Waals surface area contributed by atoms with Crippen molar-refractivity contribution in [1.29, 1.82) is 0 Å². The Morgan fingerprint density at radius 1 is 0.826 bits per heavy atom. The summed E-state index contributed by atoms with van der Waals surface area (Å²) in [6, 6.07) is 33.3. The fourth-order valence-corrected chi connectivity index (χ4v) is 5.15. The highest BCUT2D eigenvalue weighted by molar-refractivity contribution is 6.03. The van der Waals surface area contributed by atoms with E-state index in [0.717, 1.165) is 33.4 Å². The van der Waals surface area contributed by atoms with Gasteiger partial charge in [0.15, 0.2) is 5.76 Å². The Balaban J connectivity index is 1.09. The van der Waals surface area contributed by atoms with E-state index in [-0.39, 0.29) is 24.5 Å². The lowest BCUT2D eigenvalue weighted by Gasteiger charge is -2.12. The Kier molecular flexibility index (Phi) is 8.64. The zero-order valence-corrected chi connectivity index (χ0v) is 25.3. The number of nitrogens with one attached hydrogen (secondary N) is 1. The predicted molar refractivity (Wildman–Crippen MR) is 175 cm³/mol. The molecule has 0 bridgehead atoms. The van der Waals surface area contributed by atoms with Gasteiger partial charge >= 0.3 is 11.9 Å². The number of aryl methyl sites for hydroxylation is 2. The number of nitrogens with zero attached hydrogens (tertiary/aromatic N) is 2. The third-order valence-corrected chi connectivity index (χ3v) is 7.52. The molecule has 9 heteroatoms. The second-order valence-electron chi connectivity index (χ2n) is 10.7. The SMILES string of the molecule is Cc1ccc(C)n1-c1ccc(OCc2ccc(C(=O)N/N=C/c3c(OCc4ccc(C(=O)O)cc4)ccc4ccccc34)o2)cc1. The van der Waals surface area contributed by atoms with Gasteiger partial charge in [-0.3, -0.25) is 4.79 Å². The molecule has 0 aliphatic heterocycles. The summed E-state index contributed by atoms with van der Waals surface area (Å²) in [5, 5.41) is 15.2. The van der Waals surface area contributed by atoms with Crippen LogP contribution >= 0.6 is 0 Å². The van der Waals surface area contributed by atoms with Crippen molar-refractivity contribution in [3.05, 3.63) is 149 Å². The van der Waals surface area contributed by atoms with Crippen LogP contribution in [0.3, 0.4) is 0 Å². The summed E-state index contributed by atoms with van der Waals surface area (Å²) in [7, 11) is 0. The molecular formula is C37H31N3O6. The summed E-state index contributed by atoms with van der Waals surface area (Å²) in [5.74, 6) is 0.346. The topological polar surface area (TPSA) is 115 Å². The first-order valence-corrected chi connectivity index (χ1v) is 14.6. The number of aromatic nitrogens is 1. The van der Waals surface area contributed by atoms with Gasteiger partial charge in [0, 0.05) is 22.6 Å². The minimum absolute atomic E-state index is 0.101. The molecule has 0 saturated carbocycles. The number of amides is 1. The number of hydrazone groups is 1. The summed E-state index contributed by atoms with van der Waals surface area (Å²) < 4.78 is 19.9. The first-order valence-electron chi connectivity index (χ1n) is 14.6. The number of carboxylic acids is 1. The molecule has 0 radical (unpaired) electrons. The van der Waals surface area contributed by atoms with Gasteiger partial charge in [0.25, 0.3) is 0 Å². The van der Waals surface area contributed by atoms with Crippen molar-refractivity contribution in [2.24, 2.45) is 5.10 Å². The van der Waals surface area contributed by atoms with Crippen LogP contribution in [0.4, 0.5) is 0 Å². The summed E-state index contributed by atoms with van der Waals surface area (Å²) in [5.41, 5.74) is 7.60. The molecule has 0 unspecified atom stereocenters. The van der Waals surface area contributed by atoms with Crippen molar-refractivity contribution < 1.29 is 28.6 Å². The maximum absolute atomic E-state index is 12.8. The second kappa shape index (κ2) is 13.3. The number of furan rings is 1. The van der Waals surface area contributed by atoms with Crippen LogP contribution in [-0.4, -0.2) is 27.8 Å². The lowest BCUT2D eigenvalue weighted by atomic mass is 10.0. The monoisotopic (exact) mass is 613 g/mol. The van der Waals surface area contributed by atoms with Crippen LogP contribution in [-0.2, 0) is 13.2 Å². The molecule has 6 rings (SSSR count). The van der Waals surface area contributed by atoms with Crippen molar-refractivity contribution in [2.45, 2.75) is 27.1 Å². The number of carbonyl (C=O) groups excluding carboxylic acids is 1. The Bertz CT molecular complexity index is 2020. The number of hydrogen-bond acceptors (Lipinski definition) is 6. The van der Waals surface area contributed by atoms with Crippen molar-refractivity contribution in [3.63, 3.8) is 0 Å². The molecule has 0 fully saturated rings. The van der Waals surface area contributed by atoms with Crippen LogP contribution < -0.4 is 14.9 Å². The standard InChI is InChI=1S/C37H31N3O6/c1-24-7-8-25(2)40(24)29-14-16-30(17-15-29)44-23-31-18-20-35(46-31)36(41)39-38-21-33-32-6-4-3-5-27(32)13-19-34(33)45-22-26-9-11-28(12-10-26)37(42)43/h3-21H,22-23H2,1-2H3,(H,39,41)(H,42,43)/b38-21+. The largest absolute Gasteiger partial charge is 0.488 e. The van der Waals surface area contributed by atoms with E-state index in [1.807, 2.05) is 60.7 Å². The average molecular weight is 614 g/mol. The van der Waals surface area contributed by atoms with E-state index in [1.54, 1.807) is 24.3 Å². The summed E-state index contributed by atoms with van der Waals surface area (Å²) in [6.45, 7) is 4.52. The maximum Gasteiger partial charge on any atom is 0.335 e. The van der Waals surface area contributed by atoms with E-state index in [2.05, 4.69) is 41.1 Å². The van der Waals surface area contributed by atoms with Gasteiger partial charge in [-0.05, 0) is 96.9 Å². The number of ether oxygens (including phenoxy) is 2. The van der Waals surface area contributed by atoms with Crippen LogP contribution in [0.2, 0.25) is 0 Å². The molecule has 6 aromatic rings. The third kappa shape index (κ3) is 6.68. The van der Waals surface area contributed by atoms with Crippen LogP contribution in [0.1, 0.15) is 49.2 Å². The highest BCUT2D eigenvalue weighted by Crippen LogP contribution is 2.28. The van der Waals surface area contributed by atoms with E-state index in [1.165, 1.54) is 18.3 Å². The molecule has 9 nitrogen and oxygen atoms in total. The van der Waals surface area contributed by atoms with Crippen molar-refractivity contribution in [3.8, 4) is 17.2 Å². The number of carbonyl (C=O) groups is 2. The maximum atomic E-state index is 12.8. The van der Waals surface area contributed by atoms with Gasteiger partial charge in [-0.1, -0.05) is 42.5 Å². The highest BCUT2D eigenvalue weighted by atomic mass is 16.5. The Labute approximate surface area is 265 Å². The molecule has 1 amide bonds. The fourth-order valence-electron chi connectivity index (χ4n) is 5.15. The van der Waals surface area contributed by atoms with Gasteiger partial charge in [-0.2, -0.15) is 5.10 Å². The number of fused-ring (bicyclic) bond motifs is 1. The molecule has 0 spiro atoms. The second-order valence-corrected chi connectivity index (χ2v) is 10.7. The van der Waals surface area contributed by atoms with Gasteiger partial charge in [0.05, 0.1) is 11.8 Å². The minimum atomic E-state index is -0.985. The molecule has 0 aliphatic carbocycles. The molecule has 2 N–H and O–H groups in total. The molecule has 2 heterocycles. The zero-order chi connectivity index (χ0) is 32.0. The van der Waals surface area contributed by atoms with Crippen LogP contribution in [0.5, 0.6) is 11.5 Å². The van der Waals surface area contributed by atoms with Gasteiger partial charge in [0.2, 0.25) is 0 Å². The van der Waals surface area contributed by atoms with Gasteiger partial charge < -0.3 is 23.6 Å². The van der Waals surface area contributed by atoms with Crippen LogP contribution in [0.15, 0.2) is 119 Å². The smallest absolute Gasteiger partial charge is 0.335 e. The summed E-state index contributed by atoms with van der Waals surface area (Å²) >= 11 is 0. The molecule has 0 saturated heterocycles. The zero-order valence-electron chi connectivity index (χ0n) is 25.3. The van der Waals surface area contributed by atoms with Crippen LogP contribution in [0.25, 0.3) is 16.5 Å². The first kappa shape index (κ1) is 30.0. The molecular weight excluding hydrogens is 582 g/mol. The Morgan fingerprint density at radius 3 is 2.30 bits per heavy atom. The van der Waals surface area contributed by atoms with Crippen molar-refractivity contribution in [2.75, 3.05) is 0 Å². The lowest BCUT2D eigenvalue weighted by Crippen LogP contribution is -2.17. The van der Waals surface area contributed by atoms with E-state index in [4.69, 9.17) is 19.0 Å². The predicted octanol–water partition coefficient (Wildman–Crippen LogP) is 7.46. The normalized spacial score (nSPS) is 11.2. The Hall–Kier alpha value is -6.09. The highest BCUT2D eigenvalue weighted by Gasteiger charge is 2.13. The van der Waals surface area contributed by atoms with E-state index >= 15 is 0 Å². The van der Waals surface area contributed by atoms with Gasteiger partial charge in [-0.15, -0.1) is 0 Å². The summed E-state index contributed by atoms with van der Waals surface area (Å²) in [6.07, 6.45) is 1.54. The quantitative estimate of drug-likeness (QED) is 0.116. The first-order chi connectivity index (χ1) is 22.4. The van der Waals surface area contributed by atoms with Crippen molar-refractivity contribution >= 4 is 28.9 Å². The molecule has 0 aliphatic rings. The number of rotatable bonds is 11. The summed E-state index contributed by atoms with van der Waals surface area (Å²) in [4.78, 5) is 24.0.